The summed E-state index contributed by atoms with van der Waals surface area (Å²) >= 11 is 0. The summed E-state index contributed by atoms with van der Waals surface area (Å²) < 4.78 is 13.4. The Morgan fingerprint density at radius 1 is 0.803 bits per heavy atom. The first-order valence-corrected chi connectivity index (χ1v) is 21.2. The molecule has 316 valence electrons. The van der Waals surface area contributed by atoms with Crippen molar-refractivity contribution in [2.75, 3.05) is 42.3 Å². The Bertz CT molecular complexity index is 2280. The van der Waals surface area contributed by atoms with Crippen LogP contribution in [-0.2, 0) is 37.0 Å². The van der Waals surface area contributed by atoms with E-state index in [-0.39, 0.29) is 49.4 Å². The molecular weight excluding hydrogens is 769 g/mol. The number of nitrogens with two attached hydrogens (primary N) is 1. The van der Waals surface area contributed by atoms with Crippen LogP contribution >= 0.6 is 0 Å². The fourth-order valence-corrected chi connectivity index (χ4v) is 8.75. The van der Waals surface area contributed by atoms with Crippen LogP contribution in [0, 0.1) is 0 Å². The van der Waals surface area contributed by atoms with Gasteiger partial charge in [-0.05, 0) is 71.3 Å². The van der Waals surface area contributed by atoms with Crippen molar-refractivity contribution in [2.24, 2.45) is 0 Å². The molecule has 3 heterocycles. The van der Waals surface area contributed by atoms with E-state index in [1.807, 2.05) is 84.9 Å². The third-order valence-corrected chi connectivity index (χ3v) is 12.2. The highest BCUT2D eigenvalue weighted by molar-refractivity contribution is 5.94. The van der Waals surface area contributed by atoms with Crippen molar-refractivity contribution < 1.29 is 29.0 Å². The number of likely N-dealkylation sites (tertiary alicyclic amines) is 1. The number of carbonyl (C=O) groups excluding carboxylic acids is 3. The van der Waals surface area contributed by atoms with Crippen LogP contribution in [0.15, 0.2) is 127 Å². The number of amides is 3. The van der Waals surface area contributed by atoms with Gasteiger partial charge in [0, 0.05) is 56.7 Å². The van der Waals surface area contributed by atoms with Crippen molar-refractivity contribution in [1.82, 2.24) is 15.5 Å². The minimum Gasteiger partial charge on any atom is -0.397 e. The zero-order valence-electron chi connectivity index (χ0n) is 34.3. The fraction of sp³-hybridized carbons (Fsp3) is 0.327. The number of nitrogens with one attached hydrogen (secondary N) is 3. The number of benzene rings is 5. The maximum absolute atomic E-state index is 13.3. The number of hydrogen-bond donors (Lipinski definition) is 5. The van der Waals surface area contributed by atoms with Crippen LogP contribution < -0.4 is 26.6 Å². The van der Waals surface area contributed by atoms with Gasteiger partial charge in [-0.15, -0.1) is 0 Å². The molecule has 3 amide bonds. The normalized spacial score (nSPS) is 20.0. The molecule has 3 unspecified atom stereocenters. The predicted molar refractivity (Wildman–Crippen MR) is 236 cm³/mol. The minimum atomic E-state index is -0.609. The van der Waals surface area contributed by atoms with Gasteiger partial charge in [-0.3, -0.25) is 14.4 Å². The Labute approximate surface area is 357 Å². The lowest BCUT2D eigenvalue weighted by Crippen LogP contribution is -2.57. The van der Waals surface area contributed by atoms with Crippen LogP contribution in [0.1, 0.15) is 73.2 Å². The lowest BCUT2D eigenvalue weighted by Gasteiger charge is -2.45. The van der Waals surface area contributed by atoms with Crippen LogP contribution in [0.4, 0.5) is 17.1 Å². The molecule has 3 aliphatic rings. The second-order valence-corrected chi connectivity index (χ2v) is 16.2. The Morgan fingerprint density at radius 3 is 2.25 bits per heavy atom. The van der Waals surface area contributed by atoms with Gasteiger partial charge in [0.05, 0.1) is 36.9 Å². The van der Waals surface area contributed by atoms with Gasteiger partial charge in [0.1, 0.15) is 5.54 Å². The predicted octanol–water partition coefficient (Wildman–Crippen LogP) is 6.83. The van der Waals surface area contributed by atoms with E-state index in [4.69, 9.17) is 15.2 Å². The molecule has 61 heavy (non-hydrogen) atoms. The summed E-state index contributed by atoms with van der Waals surface area (Å²) in [5, 5.41) is 18.6. The quantitative estimate of drug-likeness (QED) is 0.0758. The number of aliphatic hydroxyl groups is 1. The molecule has 0 aliphatic carbocycles. The van der Waals surface area contributed by atoms with Crippen molar-refractivity contribution >= 4 is 34.8 Å². The molecule has 12 nitrogen and oxygen atoms in total. The van der Waals surface area contributed by atoms with E-state index in [2.05, 4.69) is 50.0 Å². The van der Waals surface area contributed by atoms with Crippen molar-refractivity contribution in [3.63, 3.8) is 0 Å². The van der Waals surface area contributed by atoms with E-state index in [0.29, 0.717) is 44.0 Å². The number of ether oxygens (including phenoxy) is 2. The summed E-state index contributed by atoms with van der Waals surface area (Å²) in [7, 11) is 0. The molecule has 5 aromatic carbocycles. The Kier molecular flexibility index (Phi) is 13.1. The molecule has 12 heteroatoms. The average molecular weight is 823 g/mol. The lowest BCUT2D eigenvalue weighted by molar-refractivity contribution is -0.253. The average Bonchev–Trinajstić information content (AvgIpc) is 3.61. The van der Waals surface area contributed by atoms with Gasteiger partial charge in [0.25, 0.3) is 0 Å². The summed E-state index contributed by atoms with van der Waals surface area (Å²) in [5.74, 6) is -0.205. The maximum atomic E-state index is 13.3. The van der Waals surface area contributed by atoms with Crippen molar-refractivity contribution in [1.29, 1.82) is 0 Å². The van der Waals surface area contributed by atoms with Crippen molar-refractivity contribution in [2.45, 2.75) is 75.7 Å². The molecule has 0 saturated carbocycles. The van der Waals surface area contributed by atoms with Crippen LogP contribution in [0.3, 0.4) is 0 Å². The first-order valence-electron chi connectivity index (χ1n) is 21.2. The molecule has 3 atom stereocenters. The molecule has 0 bridgehead atoms. The highest BCUT2D eigenvalue weighted by Gasteiger charge is 2.50. The van der Waals surface area contributed by atoms with E-state index in [1.54, 1.807) is 18.2 Å². The summed E-state index contributed by atoms with van der Waals surface area (Å²) in [6, 6.07) is 41.4. The number of nitrogens with zero attached hydrogens (tertiary/aromatic N) is 2. The van der Waals surface area contributed by atoms with Gasteiger partial charge in [0.15, 0.2) is 6.29 Å². The third kappa shape index (κ3) is 9.79. The van der Waals surface area contributed by atoms with Crippen molar-refractivity contribution in [3.8, 4) is 11.1 Å². The molecule has 3 fully saturated rings. The van der Waals surface area contributed by atoms with E-state index in [0.717, 1.165) is 65.0 Å². The highest BCUT2D eigenvalue weighted by Crippen LogP contribution is 2.41. The Hall–Kier alpha value is -6.05. The van der Waals surface area contributed by atoms with Crippen LogP contribution in [-0.4, -0.2) is 65.7 Å². The van der Waals surface area contributed by atoms with Crippen LogP contribution in [0.2, 0.25) is 0 Å². The smallest absolute Gasteiger partial charge is 0.247 e. The molecule has 0 radical (unpaired) electrons. The molecule has 0 aromatic heterocycles. The van der Waals surface area contributed by atoms with Gasteiger partial charge in [-0.1, -0.05) is 103 Å². The standard InChI is InChI=1S/C49H54N6O6/c50-42-13-6-7-14-43(42)53-46(58)16-8-15-45(57)51-30-38-9-4-5-12-41(38)35-21-23-37(24-22-35)47-60-40(29-44(61-47)36-19-17-34(32-56)18-20-36)31-54-27-25-49(26-28-54)48(59)52-33-55(49)39-10-2-1-3-11-39/h1-7,9-14,17-24,40,44,47,56H,8,15-16,25-33,50H2,(H,51,57)(H,52,59)(H,53,58). The minimum absolute atomic E-state index is 0.0234. The number of rotatable bonds is 14. The number of carbonyl (C=O) groups is 3. The Morgan fingerprint density at radius 2 is 1.49 bits per heavy atom. The zero-order valence-corrected chi connectivity index (χ0v) is 34.3. The van der Waals surface area contributed by atoms with Crippen molar-refractivity contribution in [3.05, 3.63) is 150 Å². The topological polar surface area (TPSA) is 158 Å². The number of piperidine rings is 1. The van der Waals surface area contributed by atoms with Gasteiger partial charge in [-0.25, -0.2) is 0 Å². The van der Waals surface area contributed by atoms with Gasteiger partial charge in [0.2, 0.25) is 17.7 Å². The van der Waals surface area contributed by atoms with Crippen LogP contribution in [0.5, 0.6) is 0 Å². The maximum Gasteiger partial charge on any atom is 0.247 e. The number of nitrogen functional groups attached to an aromatic ring is 1. The molecule has 5 aromatic rings. The lowest BCUT2D eigenvalue weighted by atomic mass is 9.85. The number of hydrogen-bond acceptors (Lipinski definition) is 9. The molecule has 3 aliphatic heterocycles. The first kappa shape index (κ1) is 41.7. The number of anilines is 3. The van der Waals surface area contributed by atoms with E-state index < -0.39 is 11.8 Å². The molecule has 6 N–H and O–H groups in total. The molecular formula is C49H54N6O6. The van der Waals surface area contributed by atoms with Gasteiger partial charge >= 0.3 is 0 Å². The second kappa shape index (κ2) is 19.1. The first-order chi connectivity index (χ1) is 29.8. The third-order valence-electron chi connectivity index (χ3n) is 12.2. The second-order valence-electron chi connectivity index (χ2n) is 16.2. The van der Waals surface area contributed by atoms with E-state index in [1.165, 1.54) is 0 Å². The monoisotopic (exact) mass is 822 g/mol. The summed E-state index contributed by atoms with van der Waals surface area (Å²) in [6.07, 6.45) is 2.02. The molecule has 3 saturated heterocycles. The van der Waals surface area contributed by atoms with E-state index in [9.17, 15) is 19.5 Å². The Balaban J connectivity index is 0.902. The molecule has 8 rings (SSSR count). The number of aliphatic hydroxyl groups excluding tert-OH is 1. The van der Waals surface area contributed by atoms with E-state index >= 15 is 0 Å². The highest BCUT2D eigenvalue weighted by atomic mass is 16.7. The molecule has 1 spiro atoms. The summed E-state index contributed by atoms with van der Waals surface area (Å²) in [4.78, 5) is 43.2. The van der Waals surface area contributed by atoms with Gasteiger partial charge in [-0.2, -0.15) is 0 Å². The zero-order chi connectivity index (χ0) is 42.2. The summed E-state index contributed by atoms with van der Waals surface area (Å²) in [6.45, 7) is 3.10. The fourth-order valence-electron chi connectivity index (χ4n) is 8.75. The summed E-state index contributed by atoms with van der Waals surface area (Å²) in [5.41, 5.74) is 13.2. The largest absolute Gasteiger partial charge is 0.397 e. The van der Waals surface area contributed by atoms with Gasteiger partial charge < -0.3 is 46.1 Å². The number of para-hydroxylation sites is 3. The van der Waals surface area contributed by atoms with Crippen LogP contribution in [0.25, 0.3) is 11.1 Å². The SMILES string of the molecule is Nc1ccccc1NC(=O)CCCC(=O)NCc1ccccc1-c1ccc(C2OC(CN3CCC4(CC3)C(=O)NCN4c3ccccc3)CC(c3ccc(CO)cc3)O2)cc1.